The van der Waals surface area contributed by atoms with E-state index in [1.54, 1.807) is 0 Å². The Kier molecular flexibility index (Phi) is 3.97. The quantitative estimate of drug-likeness (QED) is 0.756. The molecule has 1 aromatic heterocycles. The largest absolute Gasteiger partial charge is 0.487 e. The van der Waals surface area contributed by atoms with Gasteiger partial charge in [0.05, 0.1) is 10.4 Å². The van der Waals surface area contributed by atoms with Gasteiger partial charge in [-0.1, -0.05) is 12.1 Å². The van der Waals surface area contributed by atoms with Crippen LogP contribution in [-0.2, 0) is 12.8 Å². The molecule has 0 aliphatic heterocycles. The molecule has 0 atom stereocenters. The van der Waals surface area contributed by atoms with Crippen LogP contribution in [0.3, 0.4) is 0 Å². The molecule has 0 N–H and O–H groups in total. The molecule has 0 aliphatic rings. The van der Waals surface area contributed by atoms with Crippen LogP contribution in [0.5, 0.6) is 5.75 Å². The van der Waals surface area contributed by atoms with Crippen molar-refractivity contribution in [2.75, 3.05) is 0 Å². The lowest BCUT2D eigenvalue weighted by molar-refractivity contribution is -0.139. The number of rotatable bonds is 3. The fourth-order valence-corrected chi connectivity index (χ4v) is 2.78. The van der Waals surface area contributed by atoms with Crippen molar-refractivity contribution in [1.29, 1.82) is 0 Å². The summed E-state index contributed by atoms with van der Waals surface area (Å²) >= 11 is 4.74. The third-order valence-corrected chi connectivity index (χ3v) is 4.14. The average molecular weight is 337 g/mol. The predicted molar refractivity (Wildman–Crippen MR) is 67.8 cm³/mol. The molecule has 0 saturated carbocycles. The molecule has 1 heterocycles. The van der Waals surface area contributed by atoms with Gasteiger partial charge in [0.2, 0.25) is 0 Å². The maximum atomic E-state index is 12.7. The minimum Gasteiger partial charge on any atom is -0.487 e. The van der Waals surface area contributed by atoms with E-state index in [9.17, 15) is 13.2 Å². The fourth-order valence-electron chi connectivity index (χ4n) is 1.40. The van der Waals surface area contributed by atoms with Gasteiger partial charge in [0.25, 0.3) is 0 Å². The van der Waals surface area contributed by atoms with Crippen molar-refractivity contribution in [1.82, 2.24) is 0 Å². The Balaban J connectivity index is 2.17. The van der Waals surface area contributed by atoms with Gasteiger partial charge in [0.15, 0.2) is 0 Å². The third kappa shape index (κ3) is 3.05. The second-order valence-corrected chi connectivity index (χ2v) is 5.33. The number of halogens is 4. The first-order chi connectivity index (χ1) is 8.48. The van der Waals surface area contributed by atoms with Gasteiger partial charge < -0.3 is 4.74 Å². The normalized spacial score (nSPS) is 11.6. The van der Waals surface area contributed by atoms with Crippen LogP contribution < -0.4 is 4.74 Å². The van der Waals surface area contributed by atoms with E-state index in [1.165, 1.54) is 29.5 Å². The van der Waals surface area contributed by atoms with E-state index in [2.05, 4.69) is 15.9 Å². The molecule has 0 fully saturated rings. The van der Waals surface area contributed by atoms with E-state index in [-0.39, 0.29) is 12.4 Å². The van der Waals surface area contributed by atoms with Crippen molar-refractivity contribution in [3.05, 3.63) is 50.6 Å². The lowest BCUT2D eigenvalue weighted by atomic mass is 10.2. The van der Waals surface area contributed by atoms with Gasteiger partial charge in [0, 0.05) is 4.47 Å². The minimum absolute atomic E-state index is 0.116. The number of hydrogen-bond acceptors (Lipinski definition) is 2. The van der Waals surface area contributed by atoms with E-state index in [4.69, 9.17) is 4.74 Å². The fraction of sp³-hybridized carbons (Fsp3) is 0.167. The van der Waals surface area contributed by atoms with E-state index in [0.717, 1.165) is 15.4 Å². The Morgan fingerprint density at radius 2 is 1.89 bits per heavy atom. The van der Waals surface area contributed by atoms with Crippen LogP contribution in [0.4, 0.5) is 13.2 Å². The van der Waals surface area contributed by atoms with Gasteiger partial charge in [-0.3, -0.25) is 0 Å². The molecule has 0 spiro atoms. The van der Waals surface area contributed by atoms with Crippen molar-refractivity contribution in [2.24, 2.45) is 0 Å². The number of benzene rings is 1. The summed E-state index contributed by atoms with van der Waals surface area (Å²) in [5.41, 5.74) is -0.752. The number of ether oxygens (including phenoxy) is 1. The van der Waals surface area contributed by atoms with Crippen LogP contribution in [0.2, 0.25) is 0 Å². The molecule has 0 radical (unpaired) electrons. The molecule has 0 unspecified atom stereocenters. The van der Waals surface area contributed by atoms with Gasteiger partial charge >= 0.3 is 6.18 Å². The molecular formula is C12H8BrF3OS. The van der Waals surface area contributed by atoms with Gasteiger partial charge in [-0.05, 0) is 39.5 Å². The molecule has 2 rings (SSSR count). The Morgan fingerprint density at radius 1 is 1.17 bits per heavy atom. The lowest BCUT2D eigenvalue weighted by Crippen LogP contribution is -2.08. The molecule has 1 aromatic carbocycles. The van der Waals surface area contributed by atoms with Crippen molar-refractivity contribution < 1.29 is 17.9 Å². The smallest absolute Gasteiger partial charge is 0.419 e. The zero-order chi connectivity index (χ0) is 13.2. The van der Waals surface area contributed by atoms with E-state index in [0.29, 0.717) is 0 Å². The molecule has 0 aliphatic carbocycles. The van der Waals surface area contributed by atoms with Gasteiger partial charge in [-0.25, -0.2) is 0 Å². The highest BCUT2D eigenvalue weighted by molar-refractivity contribution is 9.10. The average Bonchev–Trinajstić information content (AvgIpc) is 2.71. The highest BCUT2D eigenvalue weighted by atomic mass is 79.9. The Hall–Kier alpha value is -1.01. The molecule has 18 heavy (non-hydrogen) atoms. The molecular weight excluding hydrogens is 329 g/mol. The first kappa shape index (κ1) is 13.4. The summed E-state index contributed by atoms with van der Waals surface area (Å²) < 4.78 is 44.2. The van der Waals surface area contributed by atoms with Crippen molar-refractivity contribution >= 4 is 27.3 Å². The zero-order valence-corrected chi connectivity index (χ0v) is 11.4. The number of thiophene rings is 1. The standard InChI is InChI=1S/C12H8BrF3OS/c13-9-5-6-18-11(9)7-17-10-4-2-1-3-8(10)12(14,15)16/h1-6H,7H2. The monoisotopic (exact) mass is 336 g/mol. The Labute approximate surface area is 114 Å². The van der Waals surface area contributed by atoms with Gasteiger partial charge in [-0.2, -0.15) is 13.2 Å². The summed E-state index contributed by atoms with van der Waals surface area (Å²) in [5, 5.41) is 1.85. The topological polar surface area (TPSA) is 9.23 Å². The summed E-state index contributed by atoms with van der Waals surface area (Å²) in [6, 6.07) is 7.03. The highest BCUT2D eigenvalue weighted by Gasteiger charge is 2.34. The zero-order valence-electron chi connectivity index (χ0n) is 9.00. The van der Waals surface area contributed by atoms with Crippen LogP contribution >= 0.6 is 27.3 Å². The Morgan fingerprint density at radius 3 is 2.50 bits per heavy atom. The van der Waals surface area contributed by atoms with E-state index < -0.39 is 11.7 Å². The first-order valence-electron chi connectivity index (χ1n) is 4.99. The molecule has 1 nitrogen and oxygen atoms in total. The lowest BCUT2D eigenvalue weighted by Gasteiger charge is -2.13. The summed E-state index contributed by atoms with van der Waals surface area (Å²) in [5.74, 6) is -0.148. The summed E-state index contributed by atoms with van der Waals surface area (Å²) in [6.45, 7) is 0.116. The number of para-hydroxylation sites is 1. The van der Waals surface area contributed by atoms with E-state index >= 15 is 0 Å². The molecule has 96 valence electrons. The van der Waals surface area contributed by atoms with Crippen LogP contribution in [0.25, 0.3) is 0 Å². The van der Waals surface area contributed by atoms with E-state index in [1.807, 2.05) is 11.4 Å². The second kappa shape index (κ2) is 5.32. The molecule has 0 bridgehead atoms. The number of alkyl halides is 3. The summed E-state index contributed by atoms with van der Waals surface area (Å²) in [4.78, 5) is 0.854. The summed E-state index contributed by atoms with van der Waals surface area (Å²) in [7, 11) is 0. The van der Waals surface area contributed by atoms with Crippen LogP contribution in [0, 0.1) is 0 Å². The van der Waals surface area contributed by atoms with Gasteiger partial charge in [-0.15, -0.1) is 11.3 Å². The Bertz CT molecular complexity index is 536. The molecule has 0 saturated heterocycles. The van der Waals surface area contributed by atoms with Crippen molar-refractivity contribution in [2.45, 2.75) is 12.8 Å². The third-order valence-electron chi connectivity index (χ3n) is 2.24. The molecule has 0 amide bonds. The van der Waals surface area contributed by atoms with Crippen LogP contribution in [-0.4, -0.2) is 0 Å². The molecule has 6 heteroatoms. The maximum absolute atomic E-state index is 12.7. The first-order valence-corrected chi connectivity index (χ1v) is 6.66. The second-order valence-electron chi connectivity index (χ2n) is 3.47. The predicted octanol–water partition coefficient (Wildman–Crippen LogP) is 5.11. The highest BCUT2D eigenvalue weighted by Crippen LogP contribution is 2.36. The summed E-state index contributed by atoms with van der Waals surface area (Å²) in [6.07, 6.45) is -4.40. The van der Waals surface area contributed by atoms with Gasteiger partial charge in [0.1, 0.15) is 12.4 Å². The minimum atomic E-state index is -4.40. The van der Waals surface area contributed by atoms with Crippen molar-refractivity contribution in [3.63, 3.8) is 0 Å². The molecule has 2 aromatic rings. The van der Waals surface area contributed by atoms with Crippen molar-refractivity contribution in [3.8, 4) is 5.75 Å². The van der Waals surface area contributed by atoms with Crippen LogP contribution in [0.1, 0.15) is 10.4 Å². The maximum Gasteiger partial charge on any atom is 0.419 e. The van der Waals surface area contributed by atoms with Crippen LogP contribution in [0.15, 0.2) is 40.2 Å². The number of hydrogen-bond donors (Lipinski definition) is 0. The SMILES string of the molecule is FC(F)(F)c1ccccc1OCc1sccc1Br.